The summed E-state index contributed by atoms with van der Waals surface area (Å²) in [6.07, 6.45) is 2.30. The van der Waals surface area contributed by atoms with Crippen molar-refractivity contribution >= 4 is 0 Å². The molecule has 3 heteroatoms. The molecule has 1 aromatic rings. The van der Waals surface area contributed by atoms with Gasteiger partial charge in [-0.25, -0.2) is 0 Å². The van der Waals surface area contributed by atoms with Gasteiger partial charge in [-0.05, 0) is 30.9 Å². The van der Waals surface area contributed by atoms with Crippen LogP contribution in [0.1, 0.15) is 24.4 Å². The van der Waals surface area contributed by atoms with E-state index in [9.17, 15) is 5.11 Å². The standard InChI is InChI=1S/C11H15NO2/c1-14-9-4-2-3-8(13)10(9)11(12)7-5-6-7/h2-4,7,11,13H,5-6,12H2,1H3/t11-/m1/s1. The fourth-order valence-electron chi connectivity index (χ4n) is 1.74. The van der Waals surface area contributed by atoms with Crippen molar-refractivity contribution in [1.29, 1.82) is 0 Å². The van der Waals surface area contributed by atoms with Gasteiger partial charge in [0.1, 0.15) is 11.5 Å². The van der Waals surface area contributed by atoms with Crippen molar-refractivity contribution in [2.24, 2.45) is 11.7 Å². The molecule has 0 heterocycles. The van der Waals surface area contributed by atoms with Gasteiger partial charge in [-0.2, -0.15) is 0 Å². The van der Waals surface area contributed by atoms with E-state index in [0.717, 1.165) is 18.4 Å². The maximum atomic E-state index is 9.71. The Morgan fingerprint density at radius 3 is 2.79 bits per heavy atom. The molecule has 14 heavy (non-hydrogen) atoms. The van der Waals surface area contributed by atoms with E-state index in [2.05, 4.69) is 0 Å². The quantitative estimate of drug-likeness (QED) is 0.769. The number of hydrogen-bond donors (Lipinski definition) is 2. The molecular weight excluding hydrogens is 178 g/mol. The van der Waals surface area contributed by atoms with E-state index < -0.39 is 0 Å². The monoisotopic (exact) mass is 193 g/mol. The van der Waals surface area contributed by atoms with Crippen LogP contribution < -0.4 is 10.5 Å². The summed E-state index contributed by atoms with van der Waals surface area (Å²) in [6, 6.07) is 5.15. The van der Waals surface area contributed by atoms with E-state index >= 15 is 0 Å². The van der Waals surface area contributed by atoms with Crippen LogP contribution in [0.3, 0.4) is 0 Å². The van der Waals surface area contributed by atoms with Crippen LogP contribution in [0.25, 0.3) is 0 Å². The lowest BCUT2D eigenvalue weighted by Gasteiger charge is -2.16. The summed E-state index contributed by atoms with van der Waals surface area (Å²) >= 11 is 0. The van der Waals surface area contributed by atoms with Crippen molar-refractivity contribution < 1.29 is 9.84 Å². The first-order chi connectivity index (χ1) is 6.74. The number of benzene rings is 1. The highest BCUT2D eigenvalue weighted by Gasteiger charge is 2.32. The minimum Gasteiger partial charge on any atom is -0.507 e. The van der Waals surface area contributed by atoms with E-state index in [-0.39, 0.29) is 11.8 Å². The highest BCUT2D eigenvalue weighted by Crippen LogP contribution is 2.44. The molecule has 76 valence electrons. The van der Waals surface area contributed by atoms with Crippen LogP contribution >= 0.6 is 0 Å². The van der Waals surface area contributed by atoms with Crippen LogP contribution in [0.4, 0.5) is 0 Å². The van der Waals surface area contributed by atoms with Crippen molar-refractivity contribution in [2.45, 2.75) is 18.9 Å². The summed E-state index contributed by atoms with van der Waals surface area (Å²) in [5, 5.41) is 9.71. The Morgan fingerprint density at radius 1 is 1.50 bits per heavy atom. The number of ether oxygens (including phenoxy) is 1. The highest BCUT2D eigenvalue weighted by molar-refractivity contribution is 5.46. The van der Waals surface area contributed by atoms with Crippen LogP contribution in [0.2, 0.25) is 0 Å². The third-order valence-corrected chi connectivity index (χ3v) is 2.73. The summed E-state index contributed by atoms with van der Waals surface area (Å²) in [4.78, 5) is 0. The Kier molecular flexibility index (Phi) is 2.33. The largest absolute Gasteiger partial charge is 0.507 e. The minimum absolute atomic E-state index is 0.0915. The Balaban J connectivity index is 2.37. The molecule has 1 saturated carbocycles. The summed E-state index contributed by atoms with van der Waals surface area (Å²) in [5.74, 6) is 1.44. The first kappa shape index (κ1) is 9.34. The van der Waals surface area contributed by atoms with Gasteiger partial charge in [0.15, 0.2) is 0 Å². The van der Waals surface area contributed by atoms with E-state index in [4.69, 9.17) is 10.5 Å². The van der Waals surface area contributed by atoms with Crippen LogP contribution in [0.15, 0.2) is 18.2 Å². The second-order valence-electron chi connectivity index (χ2n) is 3.76. The third-order valence-electron chi connectivity index (χ3n) is 2.73. The zero-order valence-corrected chi connectivity index (χ0v) is 8.23. The Labute approximate surface area is 83.5 Å². The number of phenolic OH excluding ortho intramolecular Hbond substituents is 1. The van der Waals surface area contributed by atoms with Gasteiger partial charge in [0.05, 0.1) is 12.7 Å². The van der Waals surface area contributed by atoms with E-state index in [1.165, 1.54) is 0 Å². The molecule has 1 aliphatic carbocycles. The maximum Gasteiger partial charge on any atom is 0.127 e. The molecule has 0 radical (unpaired) electrons. The topological polar surface area (TPSA) is 55.5 Å². The number of methoxy groups -OCH3 is 1. The molecule has 1 fully saturated rings. The van der Waals surface area contributed by atoms with Gasteiger partial charge in [-0.3, -0.25) is 0 Å². The molecule has 0 bridgehead atoms. The lowest BCUT2D eigenvalue weighted by molar-refractivity contribution is 0.389. The molecule has 1 aliphatic rings. The van der Waals surface area contributed by atoms with Gasteiger partial charge in [-0.15, -0.1) is 0 Å². The molecule has 3 nitrogen and oxygen atoms in total. The lowest BCUT2D eigenvalue weighted by atomic mass is 10.0. The van der Waals surface area contributed by atoms with Gasteiger partial charge in [0, 0.05) is 6.04 Å². The Morgan fingerprint density at radius 2 is 2.21 bits per heavy atom. The second kappa shape index (κ2) is 3.50. The first-order valence-electron chi connectivity index (χ1n) is 4.85. The molecule has 0 aromatic heterocycles. The fourth-order valence-corrected chi connectivity index (χ4v) is 1.74. The molecule has 1 aromatic carbocycles. The molecular formula is C11H15NO2. The van der Waals surface area contributed by atoms with E-state index in [0.29, 0.717) is 11.7 Å². The predicted molar refractivity (Wildman–Crippen MR) is 54.3 cm³/mol. The SMILES string of the molecule is COc1cccc(O)c1[C@H](N)C1CC1. The maximum absolute atomic E-state index is 9.71. The average Bonchev–Trinajstić information content (AvgIpc) is 2.99. The molecule has 0 aliphatic heterocycles. The van der Waals surface area contributed by atoms with Gasteiger partial charge >= 0.3 is 0 Å². The van der Waals surface area contributed by atoms with Crippen molar-refractivity contribution in [2.75, 3.05) is 7.11 Å². The van der Waals surface area contributed by atoms with Crippen LogP contribution in [0.5, 0.6) is 11.5 Å². The minimum atomic E-state index is -0.0915. The molecule has 0 spiro atoms. The van der Waals surface area contributed by atoms with Crippen LogP contribution in [0, 0.1) is 5.92 Å². The molecule has 0 amide bonds. The fraction of sp³-hybridized carbons (Fsp3) is 0.455. The molecule has 1 atom stereocenters. The van der Waals surface area contributed by atoms with Crippen molar-refractivity contribution in [3.63, 3.8) is 0 Å². The number of nitrogens with two attached hydrogens (primary N) is 1. The van der Waals surface area contributed by atoms with E-state index in [1.54, 1.807) is 19.2 Å². The highest BCUT2D eigenvalue weighted by atomic mass is 16.5. The molecule has 3 N–H and O–H groups in total. The summed E-state index contributed by atoms with van der Waals surface area (Å²) in [5.41, 5.74) is 6.79. The zero-order chi connectivity index (χ0) is 10.1. The Bertz CT molecular complexity index is 334. The third kappa shape index (κ3) is 1.55. The number of rotatable bonds is 3. The summed E-state index contributed by atoms with van der Waals surface area (Å²) in [7, 11) is 1.60. The van der Waals surface area contributed by atoms with E-state index in [1.807, 2.05) is 6.07 Å². The molecule has 2 rings (SSSR count). The van der Waals surface area contributed by atoms with Crippen molar-refractivity contribution in [3.05, 3.63) is 23.8 Å². The first-order valence-corrected chi connectivity index (χ1v) is 4.85. The number of phenols is 1. The predicted octanol–water partition coefficient (Wildman–Crippen LogP) is 1.81. The summed E-state index contributed by atoms with van der Waals surface area (Å²) < 4.78 is 5.19. The normalized spacial score (nSPS) is 17.9. The second-order valence-corrected chi connectivity index (χ2v) is 3.76. The average molecular weight is 193 g/mol. The zero-order valence-electron chi connectivity index (χ0n) is 8.23. The number of hydrogen-bond acceptors (Lipinski definition) is 3. The van der Waals surface area contributed by atoms with Gasteiger partial charge in [-0.1, -0.05) is 6.07 Å². The lowest BCUT2D eigenvalue weighted by Crippen LogP contribution is -2.13. The van der Waals surface area contributed by atoms with Crippen molar-refractivity contribution in [1.82, 2.24) is 0 Å². The molecule has 0 unspecified atom stereocenters. The molecule has 0 saturated heterocycles. The van der Waals surface area contributed by atoms with Crippen molar-refractivity contribution in [3.8, 4) is 11.5 Å². The summed E-state index contributed by atoms with van der Waals surface area (Å²) in [6.45, 7) is 0. The van der Waals surface area contributed by atoms with Gasteiger partial charge in [0.2, 0.25) is 0 Å². The smallest absolute Gasteiger partial charge is 0.127 e. The number of aromatic hydroxyl groups is 1. The Hall–Kier alpha value is -1.22. The van der Waals surface area contributed by atoms with Crippen LogP contribution in [-0.2, 0) is 0 Å². The van der Waals surface area contributed by atoms with Gasteiger partial charge < -0.3 is 15.6 Å². The van der Waals surface area contributed by atoms with Gasteiger partial charge in [0.25, 0.3) is 0 Å². The van der Waals surface area contributed by atoms with Crippen LogP contribution in [-0.4, -0.2) is 12.2 Å².